The predicted molar refractivity (Wildman–Crippen MR) is 111 cm³/mol. The summed E-state index contributed by atoms with van der Waals surface area (Å²) in [5.74, 6) is 0.107. The van der Waals surface area contributed by atoms with E-state index >= 15 is 0 Å². The first kappa shape index (κ1) is 21.5. The smallest absolute Gasteiger partial charge is 0.338 e. The summed E-state index contributed by atoms with van der Waals surface area (Å²) in [5, 5.41) is 2.81. The Morgan fingerprint density at radius 3 is 2.39 bits per heavy atom. The molecule has 5 heteroatoms. The van der Waals surface area contributed by atoms with E-state index in [4.69, 9.17) is 9.47 Å². The minimum absolute atomic E-state index is 0.253. The Hall–Kier alpha value is -2.82. The largest absolute Gasteiger partial charge is 0.481 e. The number of amides is 1. The van der Waals surface area contributed by atoms with Crippen LogP contribution in [0.2, 0.25) is 0 Å². The van der Waals surface area contributed by atoms with Crippen LogP contribution in [0.1, 0.15) is 53.7 Å². The third-order valence-corrected chi connectivity index (χ3v) is 4.56. The minimum Gasteiger partial charge on any atom is -0.481 e. The molecule has 0 aromatic heterocycles. The number of aryl methyl sites for hydroxylation is 2. The molecule has 1 atom stereocenters. The van der Waals surface area contributed by atoms with Gasteiger partial charge in [0.25, 0.3) is 5.91 Å². The molecule has 2 rings (SSSR count). The zero-order valence-corrected chi connectivity index (χ0v) is 17.3. The van der Waals surface area contributed by atoms with E-state index in [0.717, 1.165) is 29.5 Å². The molecule has 2 aromatic carbocycles. The Kier molecular flexibility index (Phi) is 7.61. The first-order valence-corrected chi connectivity index (χ1v) is 9.64. The first-order chi connectivity index (χ1) is 13.3. The molecule has 0 aliphatic rings. The summed E-state index contributed by atoms with van der Waals surface area (Å²) in [7, 11) is 0. The van der Waals surface area contributed by atoms with Crippen LogP contribution in [0.25, 0.3) is 0 Å². The van der Waals surface area contributed by atoms with Crippen molar-refractivity contribution in [1.82, 2.24) is 0 Å². The average molecular weight is 383 g/mol. The SMILES string of the molecule is CCCCOC(=O)c1ccc(NC(=O)C(C)Oc2cc(C)cc(C)c2C)cc1. The van der Waals surface area contributed by atoms with E-state index in [2.05, 4.69) is 11.4 Å². The number of carbonyl (C=O) groups is 2. The van der Waals surface area contributed by atoms with Crippen molar-refractivity contribution in [2.75, 3.05) is 11.9 Å². The van der Waals surface area contributed by atoms with E-state index in [9.17, 15) is 9.59 Å². The Labute approximate surface area is 167 Å². The van der Waals surface area contributed by atoms with Crippen molar-refractivity contribution in [2.24, 2.45) is 0 Å². The van der Waals surface area contributed by atoms with Gasteiger partial charge in [-0.3, -0.25) is 4.79 Å². The molecule has 2 aromatic rings. The molecule has 0 saturated carbocycles. The van der Waals surface area contributed by atoms with Crippen molar-refractivity contribution < 1.29 is 19.1 Å². The molecule has 0 radical (unpaired) electrons. The number of benzene rings is 2. The second-order valence-electron chi connectivity index (χ2n) is 7.02. The molecule has 0 fully saturated rings. The van der Waals surface area contributed by atoms with Gasteiger partial charge in [0.15, 0.2) is 6.10 Å². The van der Waals surface area contributed by atoms with E-state index in [-0.39, 0.29) is 11.9 Å². The van der Waals surface area contributed by atoms with E-state index in [1.165, 1.54) is 0 Å². The first-order valence-electron chi connectivity index (χ1n) is 9.64. The summed E-state index contributed by atoms with van der Waals surface area (Å²) in [6.45, 7) is 10.2. The van der Waals surface area contributed by atoms with Crippen molar-refractivity contribution >= 4 is 17.6 Å². The average Bonchev–Trinajstić information content (AvgIpc) is 2.66. The molecule has 0 aliphatic heterocycles. The molecule has 1 amide bonds. The molecule has 150 valence electrons. The van der Waals surface area contributed by atoms with Crippen molar-refractivity contribution in [3.63, 3.8) is 0 Å². The maximum atomic E-state index is 12.5. The van der Waals surface area contributed by atoms with Crippen LogP contribution in [0.4, 0.5) is 5.69 Å². The quantitative estimate of drug-likeness (QED) is 0.516. The Bertz CT molecular complexity index is 827. The van der Waals surface area contributed by atoms with Crippen LogP contribution >= 0.6 is 0 Å². The van der Waals surface area contributed by atoms with Crippen LogP contribution in [0.5, 0.6) is 5.75 Å². The molecule has 0 bridgehead atoms. The number of carbonyl (C=O) groups excluding carboxylic acids is 2. The van der Waals surface area contributed by atoms with Crippen LogP contribution in [0.15, 0.2) is 36.4 Å². The predicted octanol–water partition coefficient (Wildman–Crippen LogP) is 4.97. The molecule has 0 aliphatic carbocycles. The van der Waals surface area contributed by atoms with Crippen LogP contribution in [-0.4, -0.2) is 24.6 Å². The number of anilines is 1. The van der Waals surface area contributed by atoms with Gasteiger partial charge in [0.2, 0.25) is 0 Å². The van der Waals surface area contributed by atoms with Gasteiger partial charge >= 0.3 is 5.97 Å². The summed E-state index contributed by atoms with van der Waals surface area (Å²) in [4.78, 5) is 24.4. The third kappa shape index (κ3) is 5.84. The molecule has 28 heavy (non-hydrogen) atoms. The highest BCUT2D eigenvalue weighted by Crippen LogP contribution is 2.24. The van der Waals surface area contributed by atoms with Crippen molar-refractivity contribution in [3.8, 4) is 5.75 Å². The third-order valence-electron chi connectivity index (χ3n) is 4.56. The van der Waals surface area contributed by atoms with Gasteiger partial charge in [-0.1, -0.05) is 19.4 Å². The number of rotatable bonds is 8. The summed E-state index contributed by atoms with van der Waals surface area (Å²) < 4.78 is 11.0. The van der Waals surface area contributed by atoms with Gasteiger partial charge in [-0.15, -0.1) is 0 Å². The summed E-state index contributed by atoms with van der Waals surface area (Å²) in [6, 6.07) is 10.7. The fraction of sp³-hybridized carbons (Fsp3) is 0.391. The Balaban J connectivity index is 1.96. The Morgan fingerprint density at radius 2 is 1.75 bits per heavy atom. The second kappa shape index (κ2) is 9.93. The molecule has 1 unspecified atom stereocenters. The number of unbranched alkanes of at least 4 members (excludes halogenated alkanes) is 1. The highest BCUT2D eigenvalue weighted by molar-refractivity contribution is 5.95. The van der Waals surface area contributed by atoms with Crippen LogP contribution in [0.3, 0.4) is 0 Å². The number of hydrogen-bond donors (Lipinski definition) is 1. The van der Waals surface area contributed by atoms with Crippen molar-refractivity contribution in [2.45, 2.75) is 53.6 Å². The monoisotopic (exact) mass is 383 g/mol. The van der Waals surface area contributed by atoms with Crippen LogP contribution < -0.4 is 10.1 Å². The standard InChI is InChI=1S/C23H29NO4/c1-6-7-12-27-23(26)19-8-10-20(11-9-19)24-22(25)18(5)28-21-14-15(2)13-16(3)17(21)4/h8-11,13-14,18H,6-7,12H2,1-5H3,(H,24,25). The van der Waals surface area contributed by atoms with Gasteiger partial charge in [0.1, 0.15) is 5.75 Å². The van der Waals surface area contributed by atoms with Gasteiger partial charge in [-0.2, -0.15) is 0 Å². The summed E-state index contributed by atoms with van der Waals surface area (Å²) >= 11 is 0. The molecule has 0 heterocycles. The lowest BCUT2D eigenvalue weighted by Gasteiger charge is -2.18. The van der Waals surface area contributed by atoms with Gasteiger partial charge < -0.3 is 14.8 Å². The number of hydrogen-bond acceptors (Lipinski definition) is 4. The number of nitrogens with one attached hydrogen (secondary N) is 1. The normalized spacial score (nSPS) is 11.6. The molecule has 0 spiro atoms. The van der Waals surface area contributed by atoms with E-state index < -0.39 is 6.10 Å². The molecular weight excluding hydrogens is 354 g/mol. The van der Waals surface area contributed by atoms with Gasteiger partial charge in [-0.05, 0) is 81.1 Å². The summed E-state index contributed by atoms with van der Waals surface area (Å²) in [5.41, 5.74) is 4.30. The lowest BCUT2D eigenvalue weighted by Crippen LogP contribution is -2.30. The van der Waals surface area contributed by atoms with Crippen molar-refractivity contribution in [3.05, 3.63) is 58.7 Å². The maximum Gasteiger partial charge on any atom is 0.338 e. The van der Waals surface area contributed by atoms with Crippen LogP contribution in [-0.2, 0) is 9.53 Å². The fourth-order valence-electron chi connectivity index (χ4n) is 2.69. The highest BCUT2D eigenvalue weighted by atomic mass is 16.5. The van der Waals surface area contributed by atoms with Crippen molar-refractivity contribution in [1.29, 1.82) is 0 Å². The number of ether oxygens (including phenoxy) is 2. The second-order valence-corrected chi connectivity index (χ2v) is 7.02. The molecular formula is C23H29NO4. The Morgan fingerprint density at radius 1 is 1.07 bits per heavy atom. The number of esters is 1. The molecule has 5 nitrogen and oxygen atoms in total. The maximum absolute atomic E-state index is 12.5. The zero-order valence-electron chi connectivity index (χ0n) is 17.3. The molecule has 1 N–H and O–H groups in total. The minimum atomic E-state index is -0.654. The van der Waals surface area contributed by atoms with Crippen LogP contribution in [0, 0.1) is 20.8 Å². The van der Waals surface area contributed by atoms with Gasteiger partial charge in [0.05, 0.1) is 12.2 Å². The van der Waals surface area contributed by atoms with E-state index in [1.807, 2.05) is 33.8 Å². The topological polar surface area (TPSA) is 64.6 Å². The lowest BCUT2D eigenvalue weighted by molar-refractivity contribution is -0.122. The molecule has 0 saturated heterocycles. The lowest BCUT2D eigenvalue weighted by atomic mass is 10.1. The zero-order chi connectivity index (χ0) is 20.7. The van der Waals surface area contributed by atoms with E-state index in [0.29, 0.717) is 23.6 Å². The van der Waals surface area contributed by atoms with Gasteiger partial charge in [0, 0.05) is 5.69 Å². The van der Waals surface area contributed by atoms with Gasteiger partial charge in [-0.25, -0.2) is 4.79 Å². The fourth-order valence-corrected chi connectivity index (χ4v) is 2.69. The van der Waals surface area contributed by atoms with E-state index in [1.54, 1.807) is 31.2 Å². The highest BCUT2D eigenvalue weighted by Gasteiger charge is 2.17. The summed E-state index contributed by atoms with van der Waals surface area (Å²) in [6.07, 6.45) is 1.16.